The van der Waals surface area contributed by atoms with Gasteiger partial charge in [-0.3, -0.25) is 9.20 Å². The molecular formula is C32H33N5O3. The average molecular weight is 536 g/mol. The Morgan fingerprint density at radius 1 is 0.975 bits per heavy atom. The zero-order valence-corrected chi connectivity index (χ0v) is 23.1. The lowest BCUT2D eigenvalue weighted by atomic mass is 9.96. The Morgan fingerprint density at radius 3 is 2.27 bits per heavy atom. The molecule has 2 amide bonds. The summed E-state index contributed by atoms with van der Waals surface area (Å²) in [7, 11) is 0. The second-order valence-electron chi connectivity index (χ2n) is 11.2. The van der Waals surface area contributed by atoms with Crippen molar-refractivity contribution < 1.29 is 14.3 Å². The maximum atomic E-state index is 13.2. The molecule has 2 aromatic heterocycles. The molecule has 0 spiro atoms. The molecule has 3 heterocycles. The van der Waals surface area contributed by atoms with E-state index < -0.39 is 11.7 Å². The number of ether oxygens (including phenoxy) is 1. The van der Waals surface area contributed by atoms with Crippen LogP contribution in [-0.2, 0) is 4.74 Å². The molecule has 40 heavy (non-hydrogen) atoms. The third-order valence-electron chi connectivity index (χ3n) is 7.12. The molecular weight excluding hydrogens is 502 g/mol. The quantitative estimate of drug-likeness (QED) is 0.342. The summed E-state index contributed by atoms with van der Waals surface area (Å²) in [6.45, 7) is 7.41. The second kappa shape index (κ2) is 11.2. The summed E-state index contributed by atoms with van der Waals surface area (Å²) in [6.07, 6.45) is 5.16. The highest BCUT2D eigenvalue weighted by Crippen LogP contribution is 2.26. The number of nitriles is 1. The van der Waals surface area contributed by atoms with Crippen LogP contribution < -0.4 is 5.32 Å². The number of imidazole rings is 1. The van der Waals surface area contributed by atoms with Crippen LogP contribution in [0.25, 0.3) is 28.0 Å². The topological polar surface area (TPSA) is 99.7 Å². The summed E-state index contributed by atoms with van der Waals surface area (Å²) in [5.74, 6) is 0.351. The maximum absolute atomic E-state index is 13.2. The van der Waals surface area contributed by atoms with Crippen molar-refractivity contribution in [3.05, 3.63) is 84.2 Å². The largest absolute Gasteiger partial charge is 0.444 e. The number of carbonyl (C=O) groups excluding carboxylic acids is 2. The lowest BCUT2D eigenvalue weighted by molar-refractivity contribution is 0.0500. The zero-order chi connectivity index (χ0) is 28.3. The molecule has 1 aliphatic heterocycles. The van der Waals surface area contributed by atoms with E-state index in [0.717, 1.165) is 40.9 Å². The van der Waals surface area contributed by atoms with Gasteiger partial charge in [0.05, 0.1) is 23.5 Å². The van der Waals surface area contributed by atoms with Gasteiger partial charge in [-0.05, 0) is 87.1 Å². The number of amides is 2. The van der Waals surface area contributed by atoms with Gasteiger partial charge in [0.2, 0.25) is 0 Å². The van der Waals surface area contributed by atoms with Gasteiger partial charge >= 0.3 is 6.09 Å². The molecule has 5 rings (SSSR count). The molecule has 0 saturated carbocycles. The first-order valence-electron chi connectivity index (χ1n) is 13.5. The van der Waals surface area contributed by atoms with Gasteiger partial charge in [-0.15, -0.1) is 0 Å². The third kappa shape index (κ3) is 6.15. The molecule has 8 nitrogen and oxygen atoms in total. The minimum absolute atomic E-state index is 0.0262. The Bertz CT molecular complexity index is 1550. The number of pyridine rings is 1. The van der Waals surface area contributed by atoms with Crippen LogP contribution in [0.2, 0.25) is 0 Å². The number of benzene rings is 2. The van der Waals surface area contributed by atoms with Crippen molar-refractivity contribution in [1.82, 2.24) is 19.6 Å². The minimum atomic E-state index is -0.517. The van der Waals surface area contributed by atoms with Crippen LogP contribution in [0.5, 0.6) is 0 Å². The van der Waals surface area contributed by atoms with Crippen LogP contribution >= 0.6 is 0 Å². The van der Waals surface area contributed by atoms with Crippen molar-refractivity contribution in [1.29, 1.82) is 5.26 Å². The Balaban J connectivity index is 1.22. The predicted molar refractivity (Wildman–Crippen MR) is 154 cm³/mol. The normalized spacial score (nSPS) is 14.1. The van der Waals surface area contributed by atoms with Crippen molar-refractivity contribution in [3.8, 4) is 28.5 Å². The van der Waals surface area contributed by atoms with Gasteiger partial charge in [-0.1, -0.05) is 24.3 Å². The number of aromatic nitrogens is 2. The van der Waals surface area contributed by atoms with Crippen LogP contribution in [0.4, 0.5) is 4.79 Å². The lowest BCUT2D eigenvalue weighted by Gasteiger charge is -2.32. The van der Waals surface area contributed by atoms with Gasteiger partial charge in [0.25, 0.3) is 5.91 Å². The highest BCUT2D eigenvalue weighted by Gasteiger charge is 2.25. The van der Waals surface area contributed by atoms with Gasteiger partial charge in [-0.2, -0.15) is 5.26 Å². The van der Waals surface area contributed by atoms with E-state index in [1.165, 1.54) is 0 Å². The van der Waals surface area contributed by atoms with Gasteiger partial charge in [0.1, 0.15) is 11.2 Å². The fourth-order valence-corrected chi connectivity index (χ4v) is 4.95. The van der Waals surface area contributed by atoms with E-state index in [2.05, 4.69) is 16.4 Å². The molecule has 1 aliphatic rings. The van der Waals surface area contributed by atoms with Gasteiger partial charge < -0.3 is 15.0 Å². The summed E-state index contributed by atoms with van der Waals surface area (Å²) in [5.41, 5.74) is 5.54. The number of rotatable bonds is 5. The minimum Gasteiger partial charge on any atom is -0.444 e. The van der Waals surface area contributed by atoms with E-state index in [1.54, 1.807) is 12.1 Å². The molecule has 204 valence electrons. The standard InChI is InChI=1S/C32H33N5O3/c1-32(2,3)40-31(39)35-19-23-14-16-36(17-15-23)30(38)26-10-8-24(9-11-26)27-12-13-29-34-20-28(37(29)21-27)25-6-4-22(18-33)5-7-25/h4-13,20-21,23H,14-17,19H2,1-3H3,(H,35,39). The van der Waals surface area contributed by atoms with Crippen LogP contribution in [0.3, 0.4) is 0 Å². The van der Waals surface area contributed by atoms with Crippen LogP contribution in [0, 0.1) is 17.2 Å². The number of likely N-dealkylation sites (tertiary alicyclic amines) is 1. The molecule has 1 N–H and O–H groups in total. The van der Waals surface area contributed by atoms with E-state index in [0.29, 0.717) is 36.7 Å². The number of carbonyl (C=O) groups is 2. The summed E-state index contributed by atoms with van der Waals surface area (Å²) in [6, 6.07) is 21.3. The molecule has 0 radical (unpaired) electrons. The summed E-state index contributed by atoms with van der Waals surface area (Å²) < 4.78 is 7.35. The number of hydrogen-bond donors (Lipinski definition) is 1. The Labute approximate surface area is 234 Å². The van der Waals surface area contributed by atoms with Crippen LogP contribution in [-0.4, -0.2) is 51.5 Å². The van der Waals surface area contributed by atoms with E-state index in [1.807, 2.05) is 91.0 Å². The van der Waals surface area contributed by atoms with Gasteiger partial charge in [0, 0.05) is 37.0 Å². The summed E-state index contributed by atoms with van der Waals surface area (Å²) in [5, 5.41) is 11.9. The lowest BCUT2D eigenvalue weighted by Crippen LogP contribution is -2.42. The van der Waals surface area contributed by atoms with Crippen molar-refractivity contribution in [2.75, 3.05) is 19.6 Å². The fraction of sp³-hybridized carbons (Fsp3) is 0.312. The first-order chi connectivity index (χ1) is 19.2. The molecule has 0 aliphatic carbocycles. The molecule has 8 heteroatoms. The molecule has 0 unspecified atom stereocenters. The van der Waals surface area contributed by atoms with Gasteiger partial charge in [0.15, 0.2) is 0 Å². The van der Waals surface area contributed by atoms with Crippen molar-refractivity contribution in [3.63, 3.8) is 0 Å². The molecule has 0 atom stereocenters. The molecule has 0 bridgehead atoms. The molecule has 1 fully saturated rings. The highest BCUT2D eigenvalue weighted by atomic mass is 16.6. The molecule has 2 aromatic carbocycles. The number of nitrogens with one attached hydrogen (secondary N) is 1. The van der Waals surface area contributed by atoms with E-state index >= 15 is 0 Å². The van der Waals surface area contributed by atoms with Crippen LogP contribution in [0.15, 0.2) is 73.1 Å². The first kappa shape index (κ1) is 26.9. The zero-order valence-electron chi connectivity index (χ0n) is 23.1. The second-order valence-corrected chi connectivity index (χ2v) is 11.2. The van der Waals surface area contributed by atoms with Crippen molar-refractivity contribution in [2.45, 2.75) is 39.2 Å². The van der Waals surface area contributed by atoms with Crippen molar-refractivity contribution in [2.24, 2.45) is 5.92 Å². The van der Waals surface area contributed by atoms with Gasteiger partial charge in [-0.25, -0.2) is 9.78 Å². The molecule has 4 aromatic rings. The highest BCUT2D eigenvalue weighted by molar-refractivity contribution is 5.94. The molecule has 1 saturated heterocycles. The van der Waals surface area contributed by atoms with E-state index in [4.69, 9.17) is 10.00 Å². The smallest absolute Gasteiger partial charge is 0.407 e. The summed E-state index contributed by atoms with van der Waals surface area (Å²) in [4.78, 5) is 31.5. The van der Waals surface area contributed by atoms with Crippen LogP contribution in [0.1, 0.15) is 49.5 Å². The predicted octanol–water partition coefficient (Wildman–Crippen LogP) is 5.92. The summed E-state index contributed by atoms with van der Waals surface area (Å²) >= 11 is 0. The third-order valence-corrected chi connectivity index (χ3v) is 7.12. The SMILES string of the molecule is CC(C)(C)OC(=O)NCC1CCN(C(=O)c2ccc(-c3ccc4ncc(-c5ccc(C#N)cc5)n4c3)cc2)CC1. The average Bonchev–Trinajstić information content (AvgIpc) is 3.38. The van der Waals surface area contributed by atoms with E-state index in [-0.39, 0.29) is 5.91 Å². The number of nitrogens with zero attached hydrogens (tertiary/aromatic N) is 4. The Kier molecular flexibility index (Phi) is 7.56. The number of alkyl carbamates (subject to hydrolysis) is 1. The Morgan fingerprint density at radius 2 is 1.62 bits per heavy atom. The fourth-order valence-electron chi connectivity index (χ4n) is 4.95. The van der Waals surface area contributed by atoms with Crippen molar-refractivity contribution >= 4 is 17.6 Å². The Hall–Kier alpha value is -4.64. The maximum Gasteiger partial charge on any atom is 0.407 e. The number of piperidine rings is 1. The number of hydrogen-bond acceptors (Lipinski definition) is 5. The number of fused-ring (bicyclic) bond motifs is 1. The first-order valence-corrected chi connectivity index (χ1v) is 13.5. The van der Waals surface area contributed by atoms with E-state index in [9.17, 15) is 9.59 Å². The monoisotopic (exact) mass is 535 g/mol.